The zero-order chi connectivity index (χ0) is 21.3. The van der Waals surface area contributed by atoms with E-state index in [1.165, 1.54) is 24.1 Å². The molecule has 1 aliphatic rings. The largest absolute Gasteiger partial charge is 0.495 e. The summed E-state index contributed by atoms with van der Waals surface area (Å²) >= 11 is 0. The van der Waals surface area contributed by atoms with Gasteiger partial charge in [0.05, 0.1) is 25.0 Å². The highest BCUT2D eigenvalue weighted by Crippen LogP contribution is 2.32. The third-order valence-corrected chi connectivity index (χ3v) is 4.99. The number of aryl methyl sites for hydroxylation is 1. The number of rotatable bonds is 4. The number of amides is 1. The minimum Gasteiger partial charge on any atom is -0.495 e. The lowest BCUT2D eigenvalue weighted by Gasteiger charge is -2.30. The Labute approximate surface area is 172 Å². The van der Waals surface area contributed by atoms with E-state index < -0.39 is 11.1 Å². The third kappa shape index (κ3) is 3.47. The predicted octanol–water partition coefficient (Wildman–Crippen LogP) is 1.74. The van der Waals surface area contributed by atoms with Gasteiger partial charge in [-0.05, 0) is 36.8 Å². The number of nitrogens with zero attached hydrogens (tertiary/aromatic N) is 3. The van der Waals surface area contributed by atoms with Gasteiger partial charge in [0.15, 0.2) is 0 Å². The molecule has 8 heteroatoms. The number of benzene rings is 2. The van der Waals surface area contributed by atoms with Crippen molar-refractivity contribution in [2.45, 2.75) is 13.5 Å². The van der Waals surface area contributed by atoms with Crippen LogP contribution in [-0.4, -0.2) is 35.3 Å². The highest BCUT2D eigenvalue weighted by molar-refractivity contribution is 5.95. The van der Waals surface area contributed by atoms with Crippen molar-refractivity contribution in [3.63, 3.8) is 0 Å². The molecule has 1 aromatic heterocycles. The first-order valence-corrected chi connectivity index (χ1v) is 9.49. The lowest BCUT2D eigenvalue weighted by molar-refractivity contribution is -0.119. The quantitative estimate of drug-likeness (QED) is 0.616. The average Bonchev–Trinajstić information content (AvgIpc) is 2.76. The molecule has 0 fully saturated rings. The van der Waals surface area contributed by atoms with Crippen LogP contribution in [0.15, 0.2) is 64.4 Å². The van der Waals surface area contributed by atoms with E-state index in [0.717, 1.165) is 10.1 Å². The number of carbonyl (C=O) groups excluding carboxylic acids is 1. The van der Waals surface area contributed by atoms with Gasteiger partial charge in [-0.25, -0.2) is 0 Å². The summed E-state index contributed by atoms with van der Waals surface area (Å²) in [5.74, 6) is 0.800. The van der Waals surface area contributed by atoms with Crippen LogP contribution in [0.4, 0.5) is 5.69 Å². The number of para-hydroxylation sites is 2. The van der Waals surface area contributed by atoms with Crippen molar-refractivity contribution in [2.24, 2.45) is 0 Å². The number of fused-ring (bicyclic) bond motifs is 1. The molecule has 3 aromatic rings. The molecule has 0 saturated carbocycles. The van der Waals surface area contributed by atoms with Crippen LogP contribution < -0.4 is 25.5 Å². The summed E-state index contributed by atoms with van der Waals surface area (Å²) in [7, 11) is 1.49. The van der Waals surface area contributed by atoms with Crippen LogP contribution in [0.1, 0.15) is 5.56 Å². The van der Waals surface area contributed by atoms with Crippen molar-refractivity contribution in [2.75, 3.05) is 25.2 Å². The smallest absolute Gasteiger partial charge is 0.321 e. The molecule has 0 N–H and O–H groups in total. The molecule has 0 saturated heterocycles. The Kier molecular flexibility index (Phi) is 5.14. The summed E-state index contributed by atoms with van der Waals surface area (Å²) in [6, 6.07) is 12.5. The third-order valence-electron chi connectivity index (χ3n) is 4.99. The molecule has 0 radical (unpaired) electrons. The van der Waals surface area contributed by atoms with Crippen LogP contribution >= 0.6 is 0 Å². The van der Waals surface area contributed by atoms with Gasteiger partial charge in [-0.2, -0.15) is 0 Å². The van der Waals surface area contributed by atoms with E-state index in [-0.39, 0.29) is 12.5 Å². The van der Waals surface area contributed by atoms with Crippen molar-refractivity contribution in [3.05, 3.63) is 81.1 Å². The molecular weight excluding hydrogens is 386 g/mol. The summed E-state index contributed by atoms with van der Waals surface area (Å²) in [5, 5.41) is 0. The number of ether oxygens (including phenoxy) is 2. The van der Waals surface area contributed by atoms with Gasteiger partial charge in [0, 0.05) is 12.4 Å². The molecule has 1 amide bonds. The fraction of sp³-hybridized carbons (Fsp3) is 0.227. The van der Waals surface area contributed by atoms with Gasteiger partial charge >= 0.3 is 11.1 Å². The Hall–Kier alpha value is -3.81. The second-order valence-electron chi connectivity index (χ2n) is 6.94. The summed E-state index contributed by atoms with van der Waals surface area (Å²) in [6.45, 7) is 2.43. The van der Waals surface area contributed by atoms with E-state index >= 15 is 0 Å². The monoisotopic (exact) mass is 407 g/mol. The zero-order valence-electron chi connectivity index (χ0n) is 16.7. The molecule has 0 aliphatic carbocycles. The number of aromatic nitrogens is 2. The molecule has 0 bridgehead atoms. The van der Waals surface area contributed by atoms with E-state index in [1.807, 2.05) is 25.1 Å². The van der Waals surface area contributed by atoms with E-state index in [0.29, 0.717) is 36.0 Å². The van der Waals surface area contributed by atoms with Crippen molar-refractivity contribution >= 4 is 11.6 Å². The van der Waals surface area contributed by atoms with E-state index in [1.54, 1.807) is 29.2 Å². The average molecular weight is 407 g/mol. The van der Waals surface area contributed by atoms with E-state index in [9.17, 15) is 14.4 Å². The van der Waals surface area contributed by atoms with Gasteiger partial charge in [-0.3, -0.25) is 23.5 Å². The van der Waals surface area contributed by atoms with Gasteiger partial charge in [-0.1, -0.05) is 18.2 Å². The van der Waals surface area contributed by atoms with Crippen molar-refractivity contribution in [1.29, 1.82) is 0 Å². The number of carbonyl (C=O) groups is 1. The second kappa shape index (κ2) is 7.90. The molecule has 4 rings (SSSR count). The Morgan fingerprint density at radius 2 is 1.87 bits per heavy atom. The number of methoxy groups -OCH3 is 1. The van der Waals surface area contributed by atoms with Gasteiger partial charge in [0.2, 0.25) is 5.91 Å². The molecule has 0 spiro atoms. The van der Waals surface area contributed by atoms with E-state index in [4.69, 9.17) is 9.47 Å². The van der Waals surface area contributed by atoms with Crippen molar-refractivity contribution < 1.29 is 14.3 Å². The van der Waals surface area contributed by atoms with Gasteiger partial charge < -0.3 is 14.4 Å². The maximum atomic E-state index is 12.9. The summed E-state index contributed by atoms with van der Waals surface area (Å²) in [6.07, 6.45) is 2.90. The molecule has 0 atom stereocenters. The van der Waals surface area contributed by atoms with Crippen LogP contribution in [0.2, 0.25) is 0 Å². The number of hydrogen-bond acceptors (Lipinski definition) is 5. The lowest BCUT2D eigenvalue weighted by atomic mass is 10.1. The highest BCUT2D eigenvalue weighted by Gasteiger charge is 2.24. The van der Waals surface area contributed by atoms with Crippen LogP contribution in [0.25, 0.3) is 5.69 Å². The SMILES string of the molecule is COc1ccccc1-n1ccn(CC(=O)N2CCOc3ccc(C)cc32)c(=O)c1=O. The molecule has 2 heterocycles. The first kappa shape index (κ1) is 19.5. The number of hydrogen-bond donors (Lipinski definition) is 0. The van der Waals surface area contributed by atoms with E-state index in [2.05, 4.69) is 0 Å². The van der Waals surface area contributed by atoms with Crippen molar-refractivity contribution in [1.82, 2.24) is 9.13 Å². The molecule has 1 aliphatic heterocycles. The minimum atomic E-state index is -0.783. The summed E-state index contributed by atoms with van der Waals surface area (Å²) in [4.78, 5) is 39.9. The van der Waals surface area contributed by atoms with Crippen LogP contribution in [0.3, 0.4) is 0 Å². The van der Waals surface area contributed by atoms with Crippen LogP contribution in [0, 0.1) is 6.92 Å². The fourth-order valence-corrected chi connectivity index (χ4v) is 3.47. The minimum absolute atomic E-state index is 0.242. The Morgan fingerprint density at radius 1 is 1.07 bits per heavy atom. The molecule has 30 heavy (non-hydrogen) atoms. The summed E-state index contributed by atoms with van der Waals surface area (Å²) in [5.41, 5.74) is 0.580. The first-order valence-electron chi connectivity index (χ1n) is 9.49. The Bertz CT molecular complexity index is 1230. The highest BCUT2D eigenvalue weighted by atomic mass is 16.5. The lowest BCUT2D eigenvalue weighted by Crippen LogP contribution is -2.45. The van der Waals surface area contributed by atoms with Gasteiger partial charge in [-0.15, -0.1) is 0 Å². The first-order chi connectivity index (χ1) is 14.5. The van der Waals surface area contributed by atoms with Gasteiger partial charge in [0.1, 0.15) is 24.7 Å². The predicted molar refractivity (Wildman–Crippen MR) is 112 cm³/mol. The maximum absolute atomic E-state index is 12.9. The Morgan fingerprint density at radius 3 is 2.67 bits per heavy atom. The molecule has 0 unspecified atom stereocenters. The van der Waals surface area contributed by atoms with Crippen LogP contribution in [0.5, 0.6) is 11.5 Å². The maximum Gasteiger partial charge on any atom is 0.321 e. The normalized spacial score (nSPS) is 12.8. The zero-order valence-corrected chi connectivity index (χ0v) is 16.7. The second-order valence-corrected chi connectivity index (χ2v) is 6.94. The van der Waals surface area contributed by atoms with Gasteiger partial charge in [0.25, 0.3) is 0 Å². The molecule has 154 valence electrons. The molecular formula is C22H21N3O5. The molecule has 8 nitrogen and oxygen atoms in total. The van der Waals surface area contributed by atoms with Crippen LogP contribution in [-0.2, 0) is 11.3 Å². The molecule has 2 aromatic carbocycles. The standard InChI is InChI=1S/C22H21N3O5/c1-15-7-8-19-17(13-15)24(11-12-30-19)20(26)14-23-9-10-25(22(28)21(23)27)16-5-3-4-6-18(16)29-2/h3-10,13H,11-12,14H2,1-2H3. The number of anilines is 1. The fourth-order valence-electron chi connectivity index (χ4n) is 3.47. The summed E-state index contributed by atoms with van der Waals surface area (Å²) < 4.78 is 13.2. The van der Waals surface area contributed by atoms with Crippen molar-refractivity contribution in [3.8, 4) is 17.2 Å². The topological polar surface area (TPSA) is 82.8 Å². The Balaban J connectivity index is 1.65.